The summed E-state index contributed by atoms with van der Waals surface area (Å²) in [6.45, 7) is 1.56. The molecule has 0 aromatic carbocycles. The van der Waals surface area contributed by atoms with Crippen molar-refractivity contribution >= 4 is 46.4 Å². The fraction of sp³-hybridized carbons (Fsp3) is 1.00. The predicted octanol–water partition coefficient (Wildman–Crippen LogP) is 3.52. The number of alkyl halides is 4. The Hall–Kier alpha value is 1.12. The standard InChI is InChI=1S/C7H12Cl4O/c1-2-3-4-6(8,9)7(10,11)5-12/h12H,2-5H2,1H3. The van der Waals surface area contributed by atoms with E-state index in [1.54, 1.807) is 0 Å². The summed E-state index contributed by atoms with van der Waals surface area (Å²) in [5, 5.41) is 8.80. The summed E-state index contributed by atoms with van der Waals surface area (Å²) in [5.41, 5.74) is 0. The van der Waals surface area contributed by atoms with Crippen LogP contribution in [0.2, 0.25) is 0 Å². The smallest absolute Gasteiger partial charge is 0.173 e. The maximum atomic E-state index is 8.80. The van der Waals surface area contributed by atoms with E-state index < -0.39 is 15.3 Å². The molecule has 0 aliphatic carbocycles. The van der Waals surface area contributed by atoms with Gasteiger partial charge in [-0.25, -0.2) is 0 Å². The van der Waals surface area contributed by atoms with Crippen LogP contribution in [0.1, 0.15) is 26.2 Å². The number of hydrogen-bond acceptors (Lipinski definition) is 1. The second kappa shape index (κ2) is 5.11. The number of aliphatic hydroxyl groups excluding tert-OH is 1. The van der Waals surface area contributed by atoms with Crippen molar-refractivity contribution in [1.29, 1.82) is 0 Å². The van der Waals surface area contributed by atoms with E-state index >= 15 is 0 Å². The Kier molecular flexibility index (Phi) is 5.59. The van der Waals surface area contributed by atoms with Crippen LogP contribution in [0, 0.1) is 0 Å². The molecule has 0 saturated heterocycles. The summed E-state index contributed by atoms with van der Waals surface area (Å²) in [4.78, 5) is 0. The molecule has 0 amide bonds. The van der Waals surface area contributed by atoms with E-state index in [4.69, 9.17) is 51.5 Å². The first-order chi connectivity index (χ1) is 5.37. The fourth-order valence-electron chi connectivity index (χ4n) is 0.697. The van der Waals surface area contributed by atoms with Gasteiger partial charge in [-0.05, 0) is 6.42 Å². The van der Waals surface area contributed by atoms with Gasteiger partial charge in [0.05, 0.1) is 6.61 Å². The van der Waals surface area contributed by atoms with Crippen LogP contribution >= 0.6 is 46.4 Å². The van der Waals surface area contributed by atoms with Gasteiger partial charge in [-0.1, -0.05) is 66.2 Å². The van der Waals surface area contributed by atoms with Crippen molar-refractivity contribution in [3.05, 3.63) is 0 Å². The Balaban J connectivity index is 4.17. The van der Waals surface area contributed by atoms with Gasteiger partial charge in [-0.2, -0.15) is 0 Å². The second-order valence-electron chi connectivity index (χ2n) is 2.67. The van der Waals surface area contributed by atoms with E-state index in [2.05, 4.69) is 0 Å². The highest BCUT2D eigenvalue weighted by Gasteiger charge is 2.45. The third-order valence-electron chi connectivity index (χ3n) is 1.58. The van der Waals surface area contributed by atoms with E-state index in [0.29, 0.717) is 6.42 Å². The average molecular weight is 254 g/mol. The molecule has 0 aromatic rings. The number of unbranched alkanes of at least 4 members (excludes halogenated alkanes) is 1. The first kappa shape index (κ1) is 13.1. The molecule has 0 atom stereocenters. The SMILES string of the molecule is CCCCC(Cl)(Cl)C(Cl)(Cl)CO. The zero-order valence-corrected chi connectivity index (χ0v) is 9.81. The van der Waals surface area contributed by atoms with Crippen LogP contribution in [0.25, 0.3) is 0 Å². The minimum absolute atomic E-state index is 0.452. The number of hydrogen-bond donors (Lipinski definition) is 1. The molecule has 5 heteroatoms. The third kappa shape index (κ3) is 3.47. The minimum atomic E-state index is -1.48. The summed E-state index contributed by atoms with van der Waals surface area (Å²) in [7, 11) is 0. The molecule has 0 radical (unpaired) electrons. The predicted molar refractivity (Wildman–Crippen MR) is 55.5 cm³/mol. The van der Waals surface area contributed by atoms with Crippen molar-refractivity contribution in [3.8, 4) is 0 Å². The normalized spacial score (nSPS) is 13.5. The van der Waals surface area contributed by atoms with Crippen LogP contribution in [0.15, 0.2) is 0 Å². The molecule has 0 rings (SSSR count). The summed E-state index contributed by atoms with van der Waals surface area (Å²) in [6.07, 6.45) is 2.25. The molecular weight excluding hydrogens is 242 g/mol. The fourth-order valence-corrected chi connectivity index (χ4v) is 1.27. The minimum Gasteiger partial charge on any atom is -0.393 e. The molecule has 12 heavy (non-hydrogen) atoms. The second-order valence-corrected chi connectivity index (χ2v) is 5.64. The van der Waals surface area contributed by atoms with Crippen molar-refractivity contribution in [2.75, 3.05) is 6.61 Å². The Morgan fingerprint density at radius 1 is 1.08 bits per heavy atom. The van der Waals surface area contributed by atoms with E-state index in [9.17, 15) is 0 Å². The lowest BCUT2D eigenvalue weighted by Crippen LogP contribution is -2.39. The lowest BCUT2D eigenvalue weighted by atomic mass is 10.1. The maximum absolute atomic E-state index is 8.80. The molecule has 0 spiro atoms. The van der Waals surface area contributed by atoms with Crippen molar-refractivity contribution < 1.29 is 5.11 Å². The monoisotopic (exact) mass is 252 g/mol. The molecule has 0 aromatic heterocycles. The summed E-state index contributed by atoms with van der Waals surface area (Å²) in [5.74, 6) is 0. The highest BCUT2D eigenvalue weighted by Crippen LogP contribution is 2.45. The van der Waals surface area contributed by atoms with Gasteiger partial charge in [-0.15, -0.1) is 0 Å². The highest BCUT2D eigenvalue weighted by molar-refractivity contribution is 6.62. The molecule has 0 aliphatic heterocycles. The van der Waals surface area contributed by atoms with Crippen LogP contribution in [-0.4, -0.2) is 20.4 Å². The van der Waals surface area contributed by atoms with Crippen LogP contribution in [-0.2, 0) is 0 Å². The molecule has 1 N–H and O–H groups in total. The lowest BCUT2D eigenvalue weighted by molar-refractivity contribution is 0.266. The quantitative estimate of drug-likeness (QED) is 0.744. The van der Waals surface area contributed by atoms with Gasteiger partial charge in [0.25, 0.3) is 0 Å². The number of aliphatic hydroxyl groups is 1. The van der Waals surface area contributed by atoms with Crippen LogP contribution < -0.4 is 0 Å². The van der Waals surface area contributed by atoms with Crippen molar-refractivity contribution in [2.45, 2.75) is 34.9 Å². The molecule has 0 bridgehead atoms. The highest BCUT2D eigenvalue weighted by atomic mass is 35.5. The Morgan fingerprint density at radius 3 is 1.92 bits per heavy atom. The molecule has 0 heterocycles. The number of halogens is 4. The number of rotatable bonds is 5. The summed E-state index contributed by atoms with van der Waals surface area (Å²) < 4.78 is -2.76. The topological polar surface area (TPSA) is 20.2 Å². The Bertz CT molecular complexity index is 135. The third-order valence-corrected chi connectivity index (χ3v) is 3.87. The lowest BCUT2D eigenvalue weighted by Gasteiger charge is -2.30. The van der Waals surface area contributed by atoms with Gasteiger partial charge in [0.1, 0.15) is 0 Å². The largest absolute Gasteiger partial charge is 0.393 e. The molecule has 0 fully saturated rings. The van der Waals surface area contributed by atoms with Gasteiger partial charge in [0, 0.05) is 0 Å². The van der Waals surface area contributed by atoms with E-state index in [1.165, 1.54) is 0 Å². The first-order valence-electron chi connectivity index (χ1n) is 3.74. The van der Waals surface area contributed by atoms with Gasteiger partial charge in [0.2, 0.25) is 0 Å². The summed E-state index contributed by atoms with van der Waals surface area (Å²) in [6, 6.07) is 0. The van der Waals surface area contributed by atoms with Crippen LogP contribution in [0.3, 0.4) is 0 Å². The first-order valence-corrected chi connectivity index (χ1v) is 5.25. The van der Waals surface area contributed by atoms with Crippen molar-refractivity contribution in [2.24, 2.45) is 0 Å². The average Bonchev–Trinajstić information content (AvgIpc) is 2.00. The summed E-state index contributed by atoms with van der Waals surface area (Å²) >= 11 is 23.1. The van der Waals surface area contributed by atoms with E-state index in [1.807, 2.05) is 6.92 Å². The van der Waals surface area contributed by atoms with Gasteiger partial charge < -0.3 is 5.11 Å². The maximum Gasteiger partial charge on any atom is 0.173 e. The Labute approximate surface area is 92.9 Å². The van der Waals surface area contributed by atoms with Gasteiger partial charge >= 0.3 is 0 Å². The van der Waals surface area contributed by atoms with Gasteiger partial charge in [-0.3, -0.25) is 0 Å². The van der Waals surface area contributed by atoms with Crippen molar-refractivity contribution in [3.63, 3.8) is 0 Å². The van der Waals surface area contributed by atoms with E-state index in [0.717, 1.165) is 12.8 Å². The molecule has 0 aliphatic rings. The molecule has 0 unspecified atom stereocenters. The molecule has 0 saturated carbocycles. The Morgan fingerprint density at radius 2 is 1.58 bits per heavy atom. The van der Waals surface area contributed by atoms with Crippen LogP contribution in [0.5, 0.6) is 0 Å². The van der Waals surface area contributed by atoms with E-state index in [-0.39, 0.29) is 0 Å². The molecular formula is C7H12Cl4O. The van der Waals surface area contributed by atoms with Gasteiger partial charge in [0.15, 0.2) is 8.67 Å². The van der Waals surface area contributed by atoms with Crippen molar-refractivity contribution in [1.82, 2.24) is 0 Å². The molecule has 1 nitrogen and oxygen atoms in total. The zero-order chi connectivity index (χ0) is 9.83. The molecule has 74 valence electrons. The van der Waals surface area contributed by atoms with Crippen LogP contribution in [0.4, 0.5) is 0 Å². The zero-order valence-electron chi connectivity index (χ0n) is 6.79.